The molecule has 24 heavy (non-hydrogen) atoms. The van der Waals surface area contributed by atoms with Crippen LogP contribution >= 0.6 is 0 Å². The second-order valence-electron chi connectivity index (χ2n) is 5.92. The number of methoxy groups -OCH3 is 1. The van der Waals surface area contributed by atoms with Gasteiger partial charge in [-0.2, -0.15) is 0 Å². The van der Waals surface area contributed by atoms with Crippen molar-refractivity contribution in [2.24, 2.45) is 0 Å². The minimum absolute atomic E-state index is 0.0639. The van der Waals surface area contributed by atoms with Crippen molar-refractivity contribution in [2.45, 2.75) is 25.4 Å². The number of urea groups is 1. The quantitative estimate of drug-likeness (QED) is 0.925. The molecule has 1 heterocycles. The predicted molar refractivity (Wildman–Crippen MR) is 90.3 cm³/mol. The lowest BCUT2D eigenvalue weighted by atomic mass is 10.0. The molecule has 1 saturated heterocycles. The molecular formula is C19H21FN2O2. The number of hydrogen-bond donors (Lipinski definition) is 1. The van der Waals surface area contributed by atoms with Crippen molar-refractivity contribution in [1.29, 1.82) is 0 Å². The topological polar surface area (TPSA) is 41.6 Å². The van der Waals surface area contributed by atoms with Crippen LogP contribution in [0.25, 0.3) is 0 Å². The third-order valence-corrected chi connectivity index (χ3v) is 4.32. The van der Waals surface area contributed by atoms with Gasteiger partial charge in [-0.05, 0) is 48.2 Å². The predicted octanol–water partition coefficient (Wildman–Crippen LogP) is 3.88. The average Bonchev–Trinajstić information content (AvgIpc) is 3.10. The van der Waals surface area contributed by atoms with E-state index in [2.05, 4.69) is 5.32 Å². The summed E-state index contributed by atoms with van der Waals surface area (Å²) in [6, 6.07) is 13.9. The Kier molecular flexibility index (Phi) is 4.99. The number of likely N-dealkylation sites (tertiary alicyclic amines) is 1. The van der Waals surface area contributed by atoms with Crippen LogP contribution in [0, 0.1) is 5.82 Å². The van der Waals surface area contributed by atoms with Gasteiger partial charge in [0.05, 0.1) is 13.2 Å². The van der Waals surface area contributed by atoms with E-state index in [4.69, 9.17) is 4.74 Å². The van der Waals surface area contributed by atoms with Crippen LogP contribution in [-0.4, -0.2) is 24.6 Å². The molecule has 2 amide bonds. The third-order valence-electron chi connectivity index (χ3n) is 4.32. The number of carbonyl (C=O) groups is 1. The van der Waals surface area contributed by atoms with Gasteiger partial charge in [0.25, 0.3) is 0 Å². The van der Waals surface area contributed by atoms with Gasteiger partial charge in [-0.1, -0.05) is 24.3 Å². The zero-order valence-electron chi connectivity index (χ0n) is 13.7. The molecule has 0 unspecified atom stereocenters. The first kappa shape index (κ1) is 16.3. The molecule has 1 aliphatic rings. The molecule has 0 spiro atoms. The van der Waals surface area contributed by atoms with Gasteiger partial charge in [0.2, 0.25) is 0 Å². The average molecular weight is 328 g/mol. The number of carbonyl (C=O) groups excluding carboxylic acids is 1. The molecule has 2 aromatic carbocycles. The fraction of sp³-hybridized carbons (Fsp3) is 0.316. The summed E-state index contributed by atoms with van der Waals surface area (Å²) >= 11 is 0. The van der Waals surface area contributed by atoms with Gasteiger partial charge < -0.3 is 15.0 Å². The second-order valence-corrected chi connectivity index (χ2v) is 5.92. The van der Waals surface area contributed by atoms with Gasteiger partial charge in [-0.15, -0.1) is 0 Å². The molecule has 3 rings (SSSR count). The van der Waals surface area contributed by atoms with Crippen LogP contribution in [0.5, 0.6) is 5.75 Å². The van der Waals surface area contributed by atoms with Crippen molar-refractivity contribution in [2.75, 3.05) is 13.7 Å². The Labute approximate surface area is 141 Å². The summed E-state index contributed by atoms with van der Waals surface area (Å²) in [5.74, 6) is 0.497. The highest BCUT2D eigenvalue weighted by Crippen LogP contribution is 2.32. The maximum Gasteiger partial charge on any atom is 0.318 e. The van der Waals surface area contributed by atoms with E-state index >= 15 is 0 Å². The van der Waals surface area contributed by atoms with Crippen LogP contribution in [0.15, 0.2) is 48.5 Å². The van der Waals surface area contributed by atoms with Gasteiger partial charge in [0.1, 0.15) is 11.6 Å². The van der Waals surface area contributed by atoms with E-state index in [-0.39, 0.29) is 17.9 Å². The smallest absolute Gasteiger partial charge is 0.318 e. The number of rotatable bonds is 4. The molecule has 1 fully saturated rings. The first-order chi connectivity index (χ1) is 11.7. The van der Waals surface area contributed by atoms with Gasteiger partial charge >= 0.3 is 6.03 Å². The standard InChI is InChI=1S/C19H21FN2O2/c1-24-17-8-2-5-14(11-17)13-21-19(23)22-10-4-9-18(22)15-6-3-7-16(20)12-15/h2-3,5-8,11-12,18H,4,9-10,13H2,1H3,(H,21,23)/t18-/m0/s1. The van der Waals surface area contributed by atoms with E-state index < -0.39 is 0 Å². The minimum atomic E-state index is -0.267. The monoisotopic (exact) mass is 328 g/mol. The van der Waals surface area contributed by atoms with Gasteiger partial charge in [0.15, 0.2) is 0 Å². The highest BCUT2D eigenvalue weighted by Gasteiger charge is 2.29. The molecular weight excluding hydrogens is 307 g/mol. The molecule has 1 atom stereocenters. The molecule has 0 radical (unpaired) electrons. The number of ether oxygens (including phenoxy) is 1. The highest BCUT2D eigenvalue weighted by molar-refractivity contribution is 5.75. The fourth-order valence-electron chi connectivity index (χ4n) is 3.13. The largest absolute Gasteiger partial charge is 0.497 e. The Morgan fingerprint density at radius 1 is 1.29 bits per heavy atom. The van der Waals surface area contributed by atoms with Crippen LogP contribution in [0.1, 0.15) is 30.0 Å². The van der Waals surface area contributed by atoms with Crippen molar-refractivity contribution in [3.8, 4) is 5.75 Å². The normalized spacial score (nSPS) is 16.9. The summed E-state index contributed by atoms with van der Waals surface area (Å²) in [4.78, 5) is 14.3. The molecule has 2 aromatic rings. The summed E-state index contributed by atoms with van der Waals surface area (Å²) in [6.07, 6.45) is 1.78. The van der Waals surface area contributed by atoms with Crippen molar-refractivity contribution in [3.63, 3.8) is 0 Å². The first-order valence-electron chi connectivity index (χ1n) is 8.10. The minimum Gasteiger partial charge on any atom is -0.497 e. The number of amides is 2. The fourth-order valence-corrected chi connectivity index (χ4v) is 3.13. The molecule has 0 saturated carbocycles. The Morgan fingerprint density at radius 2 is 2.12 bits per heavy atom. The Balaban J connectivity index is 1.65. The summed E-state index contributed by atoms with van der Waals surface area (Å²) in [6.45, 7) is 1.12. The maximum absolute atomic E-state index is 13.5. The molecule has 0 aromatic heterocycles. The van der Waals surface area contributed by atoms with E-state index in [9.17, 15) is 9.18 Å². The lowest BCUT2D eigenvalue weighted by molar-refractivity contribution is 0.192. The van der Waals surface area contributed by atoms with E-state index in [0.29, 0.717) is 13.1 Å². The molecule has 1 aliphatic heterocycles. The molecule has 0 aliphatic carbocycles. The molecule has 5 heteroatoms. The Hall–Kier alpha value is -2.56. The van der Waals surface area contributed by atoms with Gasteiger partial charge in [0, 0.05) is 13.1 Å². The van der Waals surface area contributed by atoms with Crippen LogP contribution < -0.4 is 10.1 Å². The van der Waals surface area contributed by atoms with Crippen LogP contribution in [0.3, 0.4) is 0 Å². The number of nitrogens with zero attached hydrogens (tertiary/aromatic N) is 1. The van der Waals surface area contributed by atoms with Gasteiger partial charge in [-0.25, -0.2) is 9.18 Å². The van der Waals surface area contributed by atoms with Crippen LogP contribution in [0.2, 0.25) is 0 Å². The van der Waals surface area contributed by atoms with Crippen molar-refractivity contribution in [3.05, 3.63) is 65.5 Å². The summed E-state index contributed by atoms with van der Waals surface area (Å²) < 4.78 is 18.6. The third kappa shape index (κ3) is 3.67. The number of nitrogens with one attached hydrogen (secondary N) is 1. The summed E-state index contributed by atoms with van der Waals surface area (Å²) in [5.41, 5.74) is 1.83. The molecule has 4 nitrogen and oxygen atoms in total. The highest BCUT2D eigenvalue weighted by atomic mass is 19.1. The second kappa shape index (κ2) is 7.34. The van der Waals surface area contributed by atoms with Crippen LogP contribution in [0.4, 0.5) is 9.18 Å². The zero-order valence-corrected chi connectivity index (χ0v) is 13.7. The molecule has 126 valence electrons. The van der Waals surface area contributed by atoms with E-state index in [1.54, 1.807) is 18.1 Å². The molecule has 1 N–H and O–H groups in total. The lowest BCUT2D eigenvalue weighted by Gasteiger charge is -2.25. The van der Waals surface area contributed by atoms with E-state index in [1.807, 2.05) is 30.3 Å². The lowest BCUT2D eigenvalue weighted by Crippen LogP contribution is -2.39. The van der Waals surface area contributed by atoms with E-state index in [1.165, 1.54) is 12.1 Å². The van der Waals surface area contributed by atoms with Crippen molar-refractivity contribution in [1.82, 2.24) is 10.2 Å². The van der Waals surface area contributed by atoms with Crippen LogP contribution in [-0.2, 0) is 6.54 Å². The number of hydrogen-bond acceptors (Lipinski definition) is 2. The number of halogens is 1. The van der Waals surface area contributed by atoms with E-state index in [0.717, 1.165) is 29.7 Å². The summed E-state index contributed by atoms with van der Waals surface area (Å²) in [5, 5.41) is 2.94. The maximum atomic E-state index is 13.5. The van der Waals surface area contributed by atoms with Crippen molar-refractivity contribution < 1.29 is 13.9 Å². The number of benzene rings is 2. The Morgan fingerprint density at radius 3 is 2.92 bits per heavy atom. The SMILES string of the molecule is COc1cccc(CNC(=O)N2CCC[C@H]2c2cccc(F)c2)c1. The first-order valence-corrected chi connectivity index (χ1v) is 8.10. The Bertz CT molecular complexity index is 720. The molecule has 0 bridgehead atoms. The zero-order chi connectivity index (χ0) is 16.9. The summed E-state index contributed by atoms with van der Waals surface area (Å²) in [7, 11) is 1.62. The van der Waals surface area contributed by atoms with Gasteiger partial charge in [-0.3, -0.25) is 0 Å². The van der Waals surface area contributed by atoms with Crippen molar-refractivity contribution >= 4 is 6.03 Å².